The molecular weight excluding hydrogens is 318 g/mol. The highest BCUT2D eigenvalue weighted by Gasteiger charge is 2.21. The van der Waals surface area contributed by atoms with Crippen LogP contribution in [0.25, 0.3) is 0 Å². The first-order chi connectivity index (χ1) is 12.2. The summed E-state index contributed by atoms with van der Waals surface area (Å²) >= 11 is 0. The molecule has 0 saturated heterocycles. The Kier molecular flexibility index (Phi) is 3.78. The Morgan fingerprint density at radius 2 is 1.92 bits per heavy atom. The molecule has 4 rings (SSSR count). The molecule has 1 aliphatic heterocycles. The summed E-state index contributed by atoms with van der Waals surface area (Å²) in [5, 5.41) is 19.4. The van der Waals surface area contributed by atoms with E-state index in [2.05, 4.69) is 9.98 Å². The van der Waals surface area contributed by atoms with Gasteiger partial charge >= 0.3 is 0 Å². The minimum absolute atomic E-state index is 0.0969. The number of aliphatic imine (C=N–C) groups is 1. The Hall–Kier alpha value is -3.41. The maximum absolute atomic E-state index is 9.90. The van der Waals surface area contributed by atoms with Crippen molar-refractivity contribution in [3.8, 4) is 17.5 Å². The lowest BCUT2D eigenvalue weighted by atomic mass is 10.1. The highest BCUT2D eigenvalue weighted by Crippen LogP contribution is 2.37. The molecule has 3 aromatic rings. The van der Waals surface area contributed by atoms with Crippen molar-refractivity contribution in [2.24, 2.45) is 4.99 Å². The van der Waals surface area contributed by atoms with Crippen LogP contribution >= 0.6 is 0 Å². The van der Waals surface area contributed by atoms with E-state index >= 15 is 0 Å². The predicted molar refractivity (Wildman–Crippen MR) is 95.7 cm³/mol. The van der Waals surface area contributed by atoms with Crippen LogP contribution in [0.4, 0.5) is 11.4 Å². The number of nitrogens with one attached hydrogen (secondary N) is 1. The largest absolute Gasteiger partial charge is 0.494 e. The molecule has 0 atom stereocenters. The van der Waals surface area contributed by atoms with Gasteiger partial charge in [0.15, 0.2) is 5.88 Å². The quantitative estimate of drug-likeness (QED) is 0.679. The first-order valence-corrected chi connectivity index (χ1v) is 7.91. The van der Waals surface area contributed by atoms with Gasteiger partial charge in [-0.2, -0.15) is 0 Å². The molecule has 3 N–H and O–H groups in total. The van der Waals surface area contributed by atoms with Gasteiger partial charge in [-0.25, -0.2) is 4.99 Å². The van der Waals surface area contributed by atoms with Crippen molar-refractivity contribution < 1.29 is 14.9 Å². The molecule has 2 aromatic carbocycles. The lowest BCUT2D eigenvalue weighted by molar-refractivity contribution is 0.303. The lowest BCUT2D eigenvalue weighted by Crippen LogP contribution is -2.23. The lowest BCUT2D eigenvalue weighted by Gasteiger charge is -2.25. The van der Waals surface area contributed by atoms with E-state index < -0.39 is 0 Å². The summed E-state index contributed by atoms with van der Waals surface area (Å²) < 4.78 is 5.99. The van der Waals surface area contributed by atoms with Crippen molar-refractivity contribution in [2.45, 2.75) is 13.2 Å². The van der Waals surface area contributed by atoms with Gasteiger partial charge in [0.05, 0.1) is 18.6 Å². The Morgan fingerprint density at radius 3 is 2.68 bits per heavy atom. The predicted octanol–water partition coefficient (Wildman–Crippen LogP) is 3.68. The number of nitrogens with zero attached hydrogens (tertiary/aromatic N) is 2. The Labute approximate surface area is 144 Å². The Balaban J connectivity index is 1.59. The second-order valence-corrected chi connectivity index (χ2v) is 5.79. The molecule has 0 aliphatic carbocycles. The van der Waals surface area contributed by atoms with Crippen molar-refractivity contribution in [1.82, 2.24) is 4.98 Å². The summed E-state index contributed by atoms with van der Waals surface area (Å²) in [6, 6.07) is 17.2. The molecule has 25 heavy (non-hydrogen) atoms. The second kappa shape index (κ2) is 6.24. The van der Waals surface area contributed by atoms with Crippen LogP contribution in [0.5, 0.6) is 17.5 Å². The van der Waals surface area contributed by atoms with Gasteiger partial charge in [-0.05, 0) is 17.7 Å². The monoisotopic (exact) mass is 335 g/mol. The molecule has 1 aliphatic rings. The zero-order valence-electron chi connectivity index (χ0n) is 13.4. The molecule has 0 unspecified atom stereocenters. The second-order valence-electron chi connectivity index (χ2n) is 5.79. The van der Waals surface area contributed by atoms with Crippen LogP contribution < -0.4 is 9.64 Å². The van der Waals surface area contributed by atoms with Crippen molar-refractivity contribution >= 4 is 17.7 Å². The fourth-order valence-corrected chi connectivity index (χ4v) is 2.83. The molecule has 6 heteroatoms. The molecular formula is C19H17N3O3. The third-order valence-corrected chi connectivity index (χ3v) is 4.08. The zero-order chi connectivity index (χ0) is 17.2. The van der Waals surface area contributed by atoms with Gasteiger partial charge in [-0.1, -0.05) is 36.4 Å². The number of ether oxygens (including phenoxy) is 1. The molecule has 2 heterocycles. The average molecular weight is 335 g/mol. The molecule has 6 nitrogen and oxygen atoms in total. The first-order valence-electron chi connectivity index (χ1n) is 7.91. The van der Waals surface area contributed by atoms with Gasteiger partial charge in [-0.15, -0.1) is 0 Å². The standard InChI is InChI=1S/C19H17N3O3/c23-18-9-16(19(24)21-18)22-10-14-15(20-12-22)7-4-8-17(14)25-11-13-5-2-1-3-6-13/h1-9,12,21,23-24H,10-11H2. The van der Waals surface area contributed by atoms with E-state index in [1.807, 2.05) is 48.5 Å². The van der Waals surface area contributed by atoms with E-state index in [1.54, 1.807) is 11.2 Å². The van der Waals surface area contributed by atoms with E-state index in [1.165, 1.54) is 6.07 Å². The number of aromatic hydroxyl groups is 2. The molecule has 0 spiro atoms. The SMILES string of the molecule is Oc1cc(N2C=Nc3cccc(OCc4ccccc4)c3C2)c(O)[nH]1. The first kappa shape index (κ1) is 15.1. The summed E-state index contributed by atoms with van der Waals surface area (Å²) in [4.78, 5) is 8.65. The van der Waals surface area contributed by atoms with Crippen molar-refractivity contribution in [2.75, 3.05) is 4.90 Å². The summed E-state index contributed by atoms with van der Waals surface area (Å²) in [6.45, 7) is 0.950. The number of H-pyrrole nitrogens is 1. The highest BCUT2D eigenvalue weighted by molar-refractivity contribution is 5.87. The number of hydrogen-bond donors (Lipinski definition) is 3. The van der Waals surface area contributed by atoms with Gasteiger partial charge < -0.3 is 19.8 Å². The van der Waals surface area contributed by atoms with Crippen LogP contribution in [-0.2, 0) is 13.2 Å². The number of anilines is 1. The van der Waals surface area contributed by atoms with Crippen LogP contribution in [0.1, 0.15) is 11.1 Å². The summed E-state index contributed by atoms with van der Waals surface area (Å²) in [5.41, 5.74) is 3.32. The van der Waals surface area contributed by atoms with Crippen LogP contribution in [0.15, 0.2) is 59.6 Å². The zero-order valence-corrected chi connectivity index (χ0v) is 13.4. The van der Waals surface area contributed by atoms with Gasteiger partial charge in [0.25, 0.3) is 0 Å². The molecule has 1 aromatic heterocycles. The Morgan fingerprint density at radius 1 is 1.08 bits per heavy atom. The van der Waals surface area contributed by atoms with Crippen LogP contribution in [-0.4, -0.2) is 21.5 Å². The number of hydrogen-bond acceptors (Lipinski definition) is 5. The van der Waals surface area contributed by atoms with E-state index in [0.29, 0.717) is 18.8 Å². The molecule has 126 valence electrons. The smallest absolute Gasteiger partial charge is 0.215 e. The van der Waals surface area contributed by atoms with Gasteiger partial charge in [0, 0.05) is 11.6 Å². The summed E-state index contributed by atoms with van der Waals surface area (Å²) in [6.07, 6.45) is 1.63. The number of rotatable bonds is 4. The van der Waals surface area contributed by atoms with Crippen LogP contribution in [0, 0.1) is 0 Å². The van der Waals surface area contributed by atoms with Crippen LogP contribution in [0.3, 0.4) is 0 Å². The van der Waals surface area contributed by atoms with Gasteiger partial charge in [0.1, 0.15) is 18.0 Å². The third kappa shape index (κ3) is 3.01. The van der Waals surface area contributed by atoms with E-state index in [9.17, 15) is 10.2 Å². The maximum atomic E-state index is 9.90. The molecule has 0 amide bonds. The Bertz CT molecular complexity index is 919. The summed E-state index contributed by atoms with van der Waals surface area (Å²) in [7, 11) is 0. The topological polar surface area (TPSA) is 81.1 Å². The number of aromatic nitrogens is 1. The summed E-state index contributed by atoms with van der Waals surface area (Å²) in [5.74, 6) is 0.554. The maximum Gasteiger partial charge on any atom is 0.215 e. The minimum atomic E-state index is -0.102. The van der Waals surface area contributed by atoms with Crippen molar-refractivity contribution in [1.29, 1.82) is 0 Å². The number of aromatic amines is 1. The molecule has 0 radical (unpaired) electrons. The minimum Gasteiger partial charge on any atom is -0.494 e. The normalized spacial score (nSPS) is 12.9. The average Bonchev–Trinajstić information content (AvgIpc) is 2.98. The van der Waals surface area contributed by atoms with Crippen molar-refractivity contribution in [3.63, 3.8) is 0 Å². The van der Waals surface area contributed by atoms with Gasteiger partial charge in [-0.3, -0.25) is 4.98 Å². The molecule has 0 bridgehead atoms. The third-order valence-electron chi connectivity index (χ3n) is 4.08. The molecule has 0 saturated carbocycles. The van der Waals surface area contributed by atoms with E-state index in [4.69, 9.17) is 4.74 Å². The number of benzene rings is 2. The van der Waals surface area contributed by atoms with E-state index in [0.717, 1.165) is 22.6 Å². The van der Waals surface area contributed by atoms with Crippen molar-refractivity contribution in [3.05, 3.63) is 65.7 Å². The number of fused-ring (bicyclic) bond motifs is 1. The molecule has 0 fully saturated rings. The fourth-order valence-electron chi connectivity index (χ4n) is 2.83. The highest BCUT2D eigenvalue weighted by atomic mass is 16.5. The van der Waals surface area contributed by atoms with E-state index in [-0.39, 0.29) is 11.8 Å². The van der Waals surface area contributed by atoms with Gasteiger partial charge in [0.2, 0.25) is 5.88 Å². The fraction of sp³-hybridized carbons (Fsp3) is 0.105. The van der Waals surface area contributed by atoms with Crippen LogP contribution in [0.2, 0.25) is 0 Å².